The highest BCUT2D eigenvalue weighted by molar-refractivity contribution is 4.46. The van der Waals surface area contributed by atoms with Crippen LogP contribution in [0.5, 0.6) is 0 Å². The van der Waals surface area contributed by atoms with E-state index in [9.17, 15) is 0 Å². The van der Waals surface area contributed by atoms with Gasteiger partial charge in [0.05, 0.1) is 19.3 Å². The van der Waals surface area contributed by atoms with E-state index in [-0.39, 0.29) is 12.4 Å². The number of ether oxygens (including phenoxy) is 4. The SMILES string of the molecule is COC(C)COCCC(OC)OC. The average Bonchev–Trinajstić information content (AvgIpc) is 2.18. The van der Waals surface area contributed by atoms with Crippen LogP contribution in [0.25, 0.3) is 0 Å². The molecule has 0 bridgehead atoms. The van der Waals surface area contributed by atoms with Gasteiger partial charge in [-0.3, -0.25) is 0 Å². The monoisotopic (exact) mass is 192 g/mol. The maximum Gasteiger partial charge on any atom is 0.159 e. The first-order chi connectivity index (χ1) is 6.24. The molecule has 0 rings (SSSR count). The third-order valence-corrected chi connectivity index (χ3v) is 1.78. The first-order valence-corrected chi connectivity index (χ1v) is 4.40. The fourth-order valence-corrected chi connectivity index (χ4v) is 0.829. The predicted molar refractivity (Wildman–Crippen MR) is 49.7 cm³/mol. The highest BCUT2D eigenvalue weighted by atomic mass is 16.7. The van der Waals surface area contributed by atoms with Crippen molar-refractivity contribution in [3.63, 3.8) is 0 Å². The lowest BCUT2D eigenvalue weighted by atomic mass is 10.4. The normalized spacial score (nSPS) is 13.6. The molecule has 0 N–H and O–H groups in total. The van der Waals surface area contributed by atoms with Crippen LogP contribution in [0.15, 0.2) is 0 Å². The third kappa shape index (κ3) is 6.95. The van der Waals surface area contributed by atoms with Crippen LogP contribution in [-0.4, -0.2) is 46.9 Å². The maximum absolute atomic E-state index is 5.34. The number of methoxy groups -OCH3 is 3. The molecule has 0 radical (unpaired) electrons. The molecule has 0 fully saturated rings. The Labute approximate surface area is 80.1 Å². The van der Waals surface area contributed by atoms with E-state index >= 15 is 0 Å². The lowest BCUT2D eigenvalue weighted by Gasteiger charge is -2.14. The fourth-order valence-electron chi connectivity index (χ4n) is 0.829. The number of rotatable bonds is 8. The Kier molecular flexibility index (Phi) is 8.33. The minimum Gasteiger partial charge on any atom is -0.379 e. The third-order valence-electron chi connectivity index (χ3n) is 1.78. The Morgan fingerprint density at radius 2 is 1.62 bits per heavy atom. The zero-order valence-corrected chi connectivity index (χ0v) is 8.91. The molecule has 0 aliphatic heterocycles. The van der Waals surface area contributed by atoms with E-state index in [1.807, 2.05) is 6.92 Å². The van der Waals surface area contributed by atoms with Gasteiger partial charge in [-0.05, 0) is 6.92 Å². The molecule has 0 amide bonds. The summed E-state index contributed by atoms with van der Waals surface area (Å²) in [5.74, 6) is 0. The van der Waals surface area contributed by atoms with Gasteiger partial charge in [0.1, 0.15) is 0 Å². The molecule has 0 aromatic carbocycles. The minimum absolute atomic E-state index is 0.142. The van der Waals surface area contributed by atoms with Crippen molar-refractivity contribution in [2.45, 2.75) is 25.7 Å². The Morgan fingerprint density at radius 1 is 1.00 bits per heavy atom. The Balaban J connectivity index is 3.23. The number of hydrogen-bond donors (Lipinski definition) is 0. The Bertz CT molecular complexity index is 104. The molecule has 0 saturated carbocycles. The largest absolute Gasteiger partial charge is 0.379 e. The average molecular weight is 192 g/mol. The van der Waals surface area contributed by atoms with Crippen molar-refractivity contribution in [2.75, 3.05) is 34.5 Å². The van der Waals surface area contributed by atoms with Gasteiger partial charge in [-0.1, -0.05) is 0 Å². The van der Waals surface area contributed by atoms with Crippen molar-refractivity contribution < 1.29 is 18.9 Å². The second-order valence-electron chi connectivity index (χ2n) is 2.81. The molecule has 0 aromatic heterocycles. The second-order valence-corrected chi connectivity index (χ2v) is 2.81. The van der Waals surface area contributed by atoms with Crippen LogP contribution in [0.1, 0.15) is 13.3 Å². The van der Waals surface area contributed by atoms with Crippen LogP contribution < -0.4 is 0 Å². The molecule has 80 valence electrons. The van der Waals surface area contributed by atoms with Crippen molar-refractivity contribution in [1.29, 1.82) is 0 Å². The summed E-state index contributed by atoms with van der Waals surface area (Å²) in [6.45, 7) is 3.20. The van der Waals surface area contributed by atoms with Crippen molar-refractivity contribution in [3.8, 4) is 0 Å². The van der Waals surface area contributed by atoms with E-state index in [0.29, 0.717) is 13.2 Å². The minimum atomic E-state index is -0.169. The first kappa shape index (κ1) is 12.8. The van der Waals surface area contributed by atoms with E-state index in [2.05, 4.69) is 0 Å². The molecule has 0 aromatic rings. The van der Waals surface area contributed by atoms with Gasteiger partial charge in [0.15, 0.2) is 6.29 Å². The Morgan fingerprint density at radius 3 is 2.08 bits per heavy atom. The van der Waals surface area contributed by atoms with Crippen LogP contribution in [0, 0.1) is 0 Å². The molecule has 0 aliphatic rings. The van der Waals surface area contributed by atoms with Gasteiger partial charge >= 0.3 is 0 Å². The van der Waals surface area contributed by atoms with Crippen LogP contribution >= 0.6 is 0 Å². The molecule has 0 saturated heterocycles. The molecule has 4 heteroatoms. The summed E-state index contributed by atoms with van der Waals surface area (Å²) in [6, 6.07) is 0. The zero-order valence-electron chi connectivity index (χ0n) is 8.91. The van der Waals surface area contributed by atoms with E-state index in [1.54, 1.807) is 21.3 Å². The molecule has 0 spiro atoms. The van der Waals surface area contributed by atoms with E-state index in [4.69, 9.17) is 18.9 Å². The van der Waals surface area contributed by atoms with Crippen molar-refractivity contribution in [1.82, 2.24) is 0 Å². The standard InChI is InChI=1S/C9H20O4/c1-8(10-2)7-13-6-5-9(11-3)12-4/h8-9H,5-7H2,1-4H3. The van der Waals surface area contributed by atoms with Crippen molar-refractivity contribution in [3.05, 3.63) is 0 Å². The fraction of sp³-hybridized carbons (Fsp3) is 1.00. The topological polar surface area (TPSA) is 36.9 Å². The molecular formula is C9H20O4. The smallest absolute Gasteiger partial charge is 0.159 e. The van der Waals surface area contributed by atoms with Crippen LogP contribution in [0.2, 0.25) is 0 Å². The van der Waals surface area contributed by atoms with Gasteiger partial charge in [0.2, 0.25) is 0 Å². The summed E-state index contributed by atoms with van der Waals surface area (Å²) in [4.78, 5) is 0. The van der Waals surface area contributed by atoms with Crippen LogP contribution in [0.3, 0.4) is 0 Å². The highest BCUT2D eigenvalue weighted by Gasteiger charge is 2.05. The van der Waals surface area contributed by atoms with Gasteiger partial charge < -0.3 is 18.9 Å². The van der Waals surface area contributed by atoms with Crippen LogP contribution in [0.4, 0.5) is 0 Å². The molecular weight excluding hydrogens is 172 g/mol. The molecule has 0 heterocycles. The van der Waals surface area contributed by atoms with Gasteiger partial charge in [-0.25, -0.2) is 0 Å². The zero-order chi connectivity index (χ0) is 10.1. The summed E-state index contributed by atoms with van der Waals surface area (Å²) in [6.07, 6.45) is 0.713. The summed E-state index contributed by atoms with van der Waals surface area (Å²) in [7, 11) is 4.90. The predicted octanol–water partition coefficient (Wildman–Crippen LogP) is 1.05. The van der Waals surface area contributed by atoms with Gasteiger partial charge in [-0.15, -0.1) is 0 Å². The molecule has 1 atom stereocenters. The number of hydrogen-bond acceptors (Lipinski definition) is 4. The van der Waals surface area contributed by atoms with Gasteiger partial charge in [0.25, 0.3) is 0 Å². The first-order valence-electron chi connectivity index (χ1n) is 4.40. The molecule has 4 nitrogen and oxygen atoms in total. The van der Waals surface area contributed by atoms with E-state index < -0.39 is 0 Å². The summed E-state index contributed by atoms with van der Waals surface area (Å²) >= 11 is 0. The summed E-state index contributed by atoms with van der Waals surface area (Å²) in [5, 5.41) is 0. The molecule has 1 unspecified atom stereocenters. The van der Waals surface area contributed by atoms with Crippen molar-refractivity contribution >= 4 is 0 Å². The van der Waals surface area contributed by atoms with E-state index in [0.717, 1.165) is 6.42 Å². The van der Waals surface area contributed by atoms with Gasteiger partial charge in [0, 0.05) is 27.8 Å². The Hall–Kier alpha value is -0.160. The maximum atomic E-state index is 5.34. The molecule has 13 heavy (non-hydrogen) atoms. The highest BCUT2D eigenvalue weighted by Crippen LogP contribution is 1.98. The lowest BCUT2D eigenvalue weighted by Crippen LogP contribution is -2.19. The summed E-state index contributed by atoms with van der Waals surface area (Å²) < 4.78 is 20.4. The second kappa shape index (κ2) is 8.44. The van der Waals surface area contributed by atoms with E-state index in [1.165, 1.54) is 0 Å². The van der Waals surface area contributed by atoms with Crippen molar-refractivity contribution in [2.24, 2.45) is 0 Å². The summed E-state index contributed by atoms with van der Waals surface area (Å²) in [5.41, 5.74) is 0. The van der Waals surface area contributed by atoms with Gasteiger partial charge in [-0.2, -0.15) is 0 Å². The quantitative estimate of drug-likeness (QED) is 0.425. The van der Waals surface area contributed by atoms with Crippen LogP contribution in [-0.2, 0) is 18.9 Å². The molecule has 0 aliphatic carbocycles. The lowest BCUT2D eigenvalue weighted by molar-refractivity contribution is -0.118.